The molecular weight excluding hydrogens is 152 g/mol. The maximum atomic E-state index is 11.5. The summed E-state index contributed by atoms with van der Waals surface area (Å²) in [5, 5.41) is 0. The number of carbonyl (C=O) groups excluding carboxylic acids is 1. The largest absolute Gasteiger partial charge is 0.377 e. The molecule has 68 valence electrons. The minimum absolute atomic E-state index is 0.0178. The van der Waals surface area contributed by atoms with Crippen molar-refractivity contribution in [3.05, 3.63) is 0 Å². The summed E-state index contributed by atoms with van der Waals surface area (Å²) in [4.78, 5) is 11.5. The molecule has 2 aliphatic rings. The number of ether oxygens (including phenoxy) is 1. The lowest BCUT2D eigenvalue weighted by Crippen LogP contribution is -2.53. The summed E-state index contributed by atoms with van der Waals surface area (Å²) in [6.45, 7) is 2.76. The molecule has 0 aromatic carbocycles. The highest BCUT2D eigenvalue weighted by Crippen LogP contribution is 2.51. The van der Waals surface area contributed by atoms with Crippen LogP contribution in [0.5, 0.6) is 0 Å². The van der Waals surface area contributed by atoms with Crippen LogP contribution in [0.3, 0.4) is 0 Å². The van der Waals surface area contributed by atoms with Gasteiger partial charge in [0.1, 0.15) is 5.78 Å². The molecule has 0 radical (unpaired) electrons. The Kier molecular flexibility index (Phi) is 1.95. The molecule has 1 spiro atoms. The van der Waals surface area contributed by atoms with Crippen LogP contribution in [-0.2, 0) is 9.53 Å². The second kappa shape index (κ2) is 2.84. The van der Waals surface area contributed by atoms with E-state index in [2.05, 4.69) is 0 Å². The SMILES string of the molecule is CCOC1CC(=O)C12CCCC2. The second-order valence-corrected chi connectivity index (χ2v) is 3.93. The lowest BCUT2D eigenvalue weighted by atomic mass is 9.63. The van der Waals surface area contributed by atoms with E-state index >= 15 is 0 Å². The lowest BCUT2D eigenvalue weighted by molar-refractivity contribution is -0.162. The van der Waals surface area contributed by atoms with Crippen molar-refractivity contribution in [3.8, 4) is 0 Å². The Morgan fingerprint density at radius 1 is 1.50 bits per heavy atom. The quantitative estimate of drug-likeness (QED) is 0.629. The predicted octanol–water partition coefficient (Wildman–Crippen LogP) is 1.92. The average molecular weight is 168 g/mol. The summed E-state index contributed by atoms with van der Waals surface area (Å²) in [6.07, 6.45) is 5.53. The molecule has 2 aliphatic carbocycles. The van der Waals surface area contributed by atoms with Gasteiger partial charge < -0.3 is 4.74 Å². The molecule has 0 bridgehead atoms. The van der Waals surface area contributed by atoms with Crippen LogP contribution < -0.4 is 0 Å². The fourth-order valence-electron chi connectivity index (χ4n) is 2.64. The van der Waals surface area contributed by atoms with Gasteiger partial charge in [0, 0.05) is 13.0 Å². The molecule has 0 aromatic heterocycles. The van der Waals surface area contributed by atoms with E-state index in [1.807, 2.05) is 6.92 Å². The van der Waals surface area contributed by atoms with Crippen molar-refractivity contribution in [1.82, 2.24) is 0 Å². The topological polar surface area (TPSA) is 26.3 Å². The van der Waals surface area contributed by atoms with Crippen molar-refractivity contribution in [1.29, 1.82) is 0 Å². The van der Waals surface area contributed by atoms with Gasteiger partial charge in [0.25, 0.3) is 0 Å². The highest BCUT2D eigenvalue weighted by atomic mass is 16.5. The Hall–Kier alpha value is -0.370. The van der Waals surface area contributed by atoms with Gasteiger partial charge in [-0.2, -0.15) is 0 Å². The first-order valence-electron chi connectivity index (χ1n) is 4.94. The number of hydrogen-bond acceptors (Lipinski definition) is 2. The first kappa shape index (κ1) is 8.24. The Morgan fingerprint density at radius 2 is 2.17 bits per heavy atom. The van der Waals surface area contributed by atoms with Gasteiger partial charge in [0.05, 0.1) is 11.5 Å². The second-order valence-electron chi connectivity index (χ2n) is 3.93. The van der Waals surface area contributed by atoms with E-state index in [1.165, 1.54) is 12.8 Å². The third kappa shape index (κ3) is 0.939. The van der Waals surface area contributed by atoms with E-state index in [9.17, 15) is 4.79 Å². The van der Waals surface area contributed by atoms with Crippen LogP contribution in [0.15, 0.2) is 0 Å². The molecule has 2 rings (SSSR count). The van der Waals surface area contributed by atoms with Gasteiger partial charge in [-0.15, -0.1) is 0 Å². The zero-order valence-electron chi connectivity index (χ0n) is 7.64. The molecule has 0 heterocycles. The molecule has 0 amide bonds. The van der Waals surface area contributed by atoms with Gasteiger partial charge in [0.2, 0.25) is 0 Å². The standard InChI is InChI=1S/C10H16O2/c1-2-12-9-7-8(11)10(9)5-3-4-6-10/h9H,2-7H2,1H3. The summed E-state index contributed by atoms with van der Waals surface area (Å²) >= 11 is 0. The van der Waals surface area contributed by atoms with E-state index < -0.39 is 0 Å². The van der Waals surface area contributed by atoms with Crippen molar-refractivity contribution in [2.75, 3.05) is 6.61 Å². The van der Waals surface area contributed by atoms with E-state index in [-0.39, 0.29) is 11.5 Å². The van der Waals surface area contributed by atoms with Gasteiger partial charge in [-0.25, -0.2) is 0 Å². The highest BCUT2D eigenvalue weighted by molar-refractivity contribution is 5.92. The monoisotopic (exact) mass is 168 g/mol. The summed E-state index contributed by atoms with van der Waals surface area (Å²) in [7, 11) is 0. The molecule has 2 fully saturated rings. The molecule has 0 N–H and O–H groups in total. The van der Waals surface area contributed by atoms with E-state index in [1.54, 1.807) is 0 Å². The number of Topliss-reactive ketones (excluding diaryl/α,β-unsaturated/α-hetero) is 1. The molecule has 1 atom stereocenters. The fraction of sp³-hybridized carbons (Fsp3) is 0.900. The van der Waals surface area contributed by atoms with Crippen LogP contribution in [0.2, 0.25) is 0 Å². The summed E-state index contributed by atoms with van der Waals surface area (Å²) in [6, 6.07) is 0. The predicted molar refractivity (Wildman–Crippen MR) is 45.9 cm³/mol. The number of ketones is 1. The average Bonchev–Trinajstić information content (AvgIpc) is 2.55. The first-order chi connectivity index (χ1) is 5.79. The zero-order valence-corrected chi connectivity index (χ0v) is 7.64. The van der Waals surface area contributed by atoms with E-state index in [0.717, 1.165) is 19.4 Å². The molecule has 1 unspecified atom stereocenters. The highest BCUT2D eigenvalue weighted by Gasteiger charge is 2.56. The zero-order chi connectivity index (χ0) is 8.60. The van der Waals surface area contributed by atoms with Crippen molar-refractivity contribution >= 4 is 5.78 Å². The van der Waals surface area contributed by atoms with Crippen LogP contribution in [0.25, 0.3) is 0 Å². The Balaban J connectivity index is 2.05. The molecule has 2 saturated carbocycles. The van der Waals surface area contributed by atoms with Crippen LogP contribution in [0, 0.1) is 5.41 Å². The van der Waals surface area contributed by atoms with Gasteiger partial charge in [-0.1, -0.05) is 12.8 Å². The van der Waals surface area contributed by atoms with E-state index in [4.69, 9.17) is 4.74 Å². The van der Waals surface area contributed by atoms with Gasteiger partial charge in [-0.3, -0.25) is 4.79 Å². The third-order valence-electron chi connectivity index (χ3n) is 3.41. The number of rotatable bonds is 2. The smallest absolute Gasteiger partial charge is 0.144 e. The van der Waals surface area contributed by atoms with E-state index in [0.29, 0.717) is 12.2 Å². The molecule has 0 aromatic rings. The molecular formula is C10H16O2. The summed E-state index contributed by atoms with van der Waals surface area (Å²) < 4.78 is 5.57. The maximum absolute atomic E-state index is 11.5. The van der Waals surface area contributed by atoms with Crippen molar-refractivity contribution in [3.63, 3.8) is 0 Å². The Bertz CT molecular complexity index is 192. The molecule has 12 heavy (non-hydrogen) atoms. The fourth-order valence-corrected chi connectivity index (χ4v) is 2.64. The molecule has 0 aliphatic heterocycles. The van der Waals surface area contributed by atoms with Crippen LogP contribution >= 0.6 is 0 Å². The van der Waals surface area contributed by atoms with Gasteiger partial charge in [-0.05, 0) is 19.8 Å². The van der Waals surface area contributed by atoms with Crippen molar-refractivity contribution in [2.24, 2.45) is 5.41 Å². The first-order valence-corrected chi connectivity index (χ1v) is 4.94. The normalized spacial score (nSPS) is 32.4. The van der Waals surface area contributed by atoms with Crippen LogP contribution in [0.4, 0.5) is 0 Å². The lowest BCUT2D eigenvalue weighted by Gasteiger charge is -2.44. The van der Waals surface area contributed by atoms with Crippen LogP contribution in [0.1, 0.15) is 39.0 Å². The van der Waals surface area contributed by atoms with Gasteiger partial charge in [0.15, 0.2) is 0 Å². The van der Waals surface area contributed by atoms with Crippen molar-refractivity contribution < 1.29 is 9.53 Å². The Morgan fingerprint density at radius 3 is 2.67 bits per heavy atom. The third-order valence-corrected chi connectivity index (χ3v) is 3.41. The Labute approximate surface area is 73.3 Å². The maximum Gasteiger partial charge on any atom is 0.144 e. The molecule has 2 heteroatoms. The van der Waals surface area contributed by atoms with Crippen molar-refractivity contribution in [2.45, 2.75) is 45.1 Å². The summed E-state index contributed by atoms with van der Waals surface area (Å²) in [5.74, 6) is 0.457. The number of hydrogen-bond donors (Lipinski definition) is 0. The van der Waals surface area contributed by atoms with Crippen LogP contribution in [-0.4, -0.2) is 18.5 Å². The van der Waals surface area contributed by atoms with Gasteiger partial charge >= 0.3 is 0 Å². The number of carbonyl (C=O) groups is 1. The summed E-state index contributed by atoms with van der Waals surface area (Å²) in [5.41, 5.74) is -0.0178. The minimum atomic E-state index is -0.0178. The minimum Gasteiger partial charge on any atom is -0.377 e. The molecule has 2 nitrogen and oxygen atoms in total. The molecule has 0 saturated heterocycles.